The highest BCUT2D eigenvalue weighted by molar-refractivity contribution is 6.02. The van der Waals surface area contributed by atoms with Crippen LogP contribution in [-0.2, 0) is 7.05 Å². The van der Waals surface area contributed by atoms with Crippen LogP contribution in [0.1, 0.15) is 34.9 Å². The minimum atomic E-state index is -0.557. The number of aromatic amines is 1. The Morgan fingerprint density at radius 2 is 2.12 bits per heavy atom. The number of nitrogens with zero attached hydrogens (tertiary/aromatic N) is 3. The zero-order valence-corrected chi connectivity index (χ0v) is 12.9. The molecule has 1 amide bonds. The predicted molar refractivity (Wildman–Crippen MR) is 87.4 cm³/mol. The number of aromatic nitrogens is 4. The number of hydrogen-bond acceptors (Lipinski definition) is 4. The van der Waals surface area contributed by atoms with Gasteiger partial charge in [-0.25, -0.2) is 4.98 Å². The number of carbonyl (C=O) groups is 1. The molecular weight excluding hydrogens is 310 g/mol. The van der Waals surface area contributed by atoms with Gasteiger partial charge in [-0.05, 0) is 25.0 Å². The second-order valence-corrected chi connectivity index (χ2v) is 5.96. The molecule has 3 aromatic rings. The van der Waals surface area contributed by atoms with Gasteiger partial charge in [-0.2, -0.15) is 0 Å². The number of amides is 1. The largest absolute Gasteiger partial charge is 0.317 e. The summed E-state index contributed by atoms with van der Waals surface area (Å²) in [5.41, 5.74) is 0.593. The van der Waals surface area contributed by atoms with Gasteiger partial charge < -0.3 is 14.9 Å². The molecule has 0 atom stereocenters. The molecule has 8 nitrogen and oxygen atoms in total. The summed E-state index contributed by atoms with van der Waals surface area (Å²) in [5, 5.41) is 2.53. The maximum absolute atomic E-state index is 12.4. The van der Waals surface area contributed by atoms with Crippen LogP contribution in [0, 0.1) is 0 Å². The topological polar surface area (TPSA) is 101 Å². The summed E-state index contributed by atoms with van der Waals surface area (Å²) >= 11 is 0. The Kier molecular flexibility index (Phi) is 3.12. The summed E-state index contributed by atoms with van der Waals surface area (Å²) in [6, 6.07) is 3.17. The molecule has 3 aromatic heterocycles. The van der Waals surface area contributed by atoms with Crippen molar-refractivity contribution in [1.82, 2.24) is 18.9 Å². The average Bonchev–Trinajstić information content (AvgIpc) is 3.31. The van der Waals surface area contributed by atoms with Crippen molar-refractivity contribution in [1.29, 1.82) is 0 Å². The van der Waals surface area contributed by atoms with Gasteiger partial charge in [0.1, 0.15) is 11.4 Å². The normalized spacial score (nSPS) is 14.0. The van der Waals surface area contributed by atoms with E-state index in [0.717, 1.165) is 18.5 Å². The highest BCUT2D eigenvalue weighted by Gasteiger charge is 2.27. The fourth-order valence-corrected chi connectivity index (χ4v) is 2.60. The summed E-state index contributed by atoms with van der Waals surface area (Å²) in [5.74, 6) is -0.145. The molecule has 3 heterocycles. The molecule has 0 unspecified atom stereocenters. The molecule has 1 aliphatic rings. The van der Waals surface area contributed by atoms with Crippen molar-refractivity contribution in [2.45, 2.75) is 18.8 Å². The van der Waals surface area contributed by atoms with Crippen molar-refractivity contribution in [2.75, 3.05) is 5.32 Å². The van der Waals surface area contributed by atoms with Crippen molar-refractivity contribution < 1.29 is 4.79 Å². The van der Waals surface area contributed by atoms with Gasteiger partial charge in [-0.15, -0.1) is 0 Å². The standard InChI is InChI=1S/C16H15N5O3/c1-20-6-2-3-10(16(20)24)18-14(22)12-8-21-7-11(9-4-5-9)17-13(21)15(23)19-12/h2-3,6-9H,4-5H2,1H3,(H,18,22)(H,19,23). The highest BCUT2D eigenvalue weighted by atomic mass is 16.2. The summed E-state index contributed by atoms with van der Waals surface area (Å²) in [7, 11) is 1.59. The van der Waals surface area contributed by atoms with Gasteiger partial charge >= 0.3 is 0 Å². The van der Waals surface area contributed by atoms with Crippen molar-refractivity contribution in [3.8, 4) is 0 Å². The van der Waals surface area contributed by atoms with E-state index in [2.05, 4.69) is 15.3 Å². The number of aryl methyl sites for hydroxylation is 1. The smallest absolute Gasteiger partial charge is 0.292 e. The van der Waals surface area contributed by atoms with Crippen LogP contribution in [0.2, 0.25) is 0 Å². The molecule has 0 spiro atoms. The molecular formula is C16H15N5O3. The lowest BCUT2D eigenvalue weighted by atomic mass is 10.3. The summed E-state index contributed by atoms with van der Waals surface area (Å²) in [4.78, 5) is 43.3. The van der Waals surface area contributed by atoms with E-state index in [1.54, 1.807) is 29.9 Å². The summed E-state index contributed by atoms with van der Waals surface area (Å²) < 4.78 is 2.92. The lowest BCUT2D eigenvalue weighted by molar-refractivity contribution is 0.102. The molecule has 1 aliphatic carbocycles. The molecule has 4 rings (SSSR count). The van der Waals surface area contributed by atoms with E-state index in [-0.39, 0.29) is 22.6 Å². The van der Waals surface area contributed by atoms with Crippen LogP contribution in [0.25, 0.3) is 5.65 Å². The third-order valence-electron chi connectivity index (χ3n) is 4.08. The van der Waals surface area contributed by atoms with Crippen LogP contribution in [0.4, 0.5) is 5.69 Å². The van der Waals surface area contributed by atoms with Gasteiger partial charge in [0.25, 0.3) is 17.0 Å². The monoisotopic (exact) mass is 325 g/mol. The first-order valence-electron chi connectivity index (χ1n) is 7.62. The number of pyridine rings is 1. The molecule has 24 heavy (non-hydrogen) atoms. The molecule has 1 saturated carbocycles. The SMILES string of the molecule is Cn1cccc(NC(=O)c2cn3cc(C4CC4)nc3c(=O)[nH]2)c1=O. The van der Waals surface area contributed by atoms with E-state index < -0.39 is 11.5 Å². The zero-order valence-electron chi connectivity index (χ0n) is 12.9. The average molecular weight is 325 g/mol. The molecule has 0 radical (unpaired) electrons. The fraction of sp³-hybridized carbons (Fsp3) is 0.250. The maximum atomic E-state index is 12.4. The Labute approximate surface area is 135 Å². The first-order chi connectivity index (χ1) is 11.5. The first kappa shape index (κ1) is 14.4. The lowest BCUT2D eigenvalue weighted by Crippen LogP contribution is -2.26. The van der Waals surface area contributed by atoms with Crippen molar-refractivity contribution in [3.63, 3.8) is 0 Å². The number of imidazole rings is 1. The summed E-state index contributed by atoms with van der Waals surface area (Å²) in [6.07, 6.45) is 7.04. The van der Waals surface area contributed by atoms with E-state index in [0.29, 0.717) is 5.92 Å². The third kappa shape index (κ3) is 2.41. The van der Waals surface area contributed by atoms with Gasteiger partial charge in [-0.3, -0.25) is 18.8 Å². The van der Waals surface area contributed by atoms with Crippen LogP contribution < -0.4 is 16.4 Å². The van der Waals surface area contributed by atoms with Crippen LogP contribution in [0.3, 0.4) is 0 Å². The number of anilines is 1. The highest BCUT2D eigenvalue weighted by Crippen LogP contribution is 2.39. The molecule has 0 aliphatic heterocycles. The molecule has 2 N–H and O–H groups in total. The Balaban J connectivity index is 1.70. The number of rotatable bonds is 3. The van der Waals surface area contributed by atoms with E-state index >= 15 is 0 Å². The molecule has 0 bridgehead atoms. The van der Waals surface area contributed by atoms with E-state index in [4.69, 9.17) is 0 Å². The summed E-state index contributed by atoms with van der Waals surface area (Å²) in [6.45, 7) is 0. The maximum Gasteiger partial charge on any atom is 0.292 e. The number of hydrogen-bond donors (Lipinski definition) is 2. The van der Waals surface area contributed by atoms with Crippen molar-refractivity contribution in [3.05, 3.63) is 62.8 Å². The van der Waals surface area contributed by atoms with Gasteiger partial charge in [0.05, 0.1) is 5.69 Å². The molecule has 0 saturated heterocycles. The second-order valence-electron chi connectivity index (χ2n) is 5.96. The van der Waals surface area contributed by atoms with E-state index in [1.165, 1.54) is 16.8 Å². The Morgan fingerprint density at radius 3 is 2.88 bits per heavy atom. The van der Waals surface area contributed by atoms with E-state index in [1.807, 2.05) is 0 Å². The van der Waals surface area contributed by atoms with Crippen molar-refractivity contribution >= 4 is 17.2 Å². The zero-order chi connectivity index (χ0) is 16.8. The van der Waals surface area contributed by atoms with Crippen molar-refractivity contribution in [2.24, 2.45) is 7.05 Å². The fourth-order valence-electron chi connectivity index (χ4n) is 2.60. The van der Waals surface area contributed by atoms with Crippen LogP contribution in [-0.4, -0.2) is 24.8 Å². The predicted octanol–water partition coefficient (Wildman–Crippen LogP) is 0.851. The quantitative estimate of drug-likeness (QED) is 0.745. The molecule has 122 valence electrons. The lowest BCUT2D eigenvalue weighted by Gasteiger charge is -2.06. The van der Waals surface area contributed by atoms with Gasteiger partial charge in [0.15, 0.2) is 0 Å². The number of nitrogens with one attached hydrogen (secondary N) is 2. The Bertz CT molecular complexity index is 1070. The van der Waals surface area contributed by atoms with Crippen LogP contribution in [0.5, 0.6) is 0 Å². The van der Waals surface area contributed by atoms with E-state index in [9.17, 15) is 14.4 Å². The first-order valence-corrected chi connectivity index (χ1v) is 7.62. The second kappa shape index (κ2) is 5.19. The van der Waals surface area contributed by atoms with Gasteiger partial charge in [-0.1, -0.05) is 0 Å². The third-order valence-corrected chi connectivity index (χ3v) is 4.08. The van der Waals surface area contributed by atoms with Gasteiger partial charge in [0, 0.05) is 31.6 Å². The number of fused-ring (bicyclic) bond motifs is 1. The number of carbonyl (C=O) groups excluding carboxylic acids is 1. The molecule has 8 heteroatoms. The Morgan fingerprint density at radius 1 is 1.33 bits per heavy atom. The van der Waals surface area contributed by atoms with Gasteiger partial charge in [0.2, 0.25) is 5.65 Å². The molecule has 1 fully saturated rings. The van der Waals surface area contributed by atoms with Crippen LogP contribution >= 0.6 is 0 Å². The Hall–Kier alpha value is -3.16. The minimum Gasteiger partial charge on any atom is -0.317 e. The molecule has 0 aromatic carbocycles. The number of H-pyrrole nitrogens is 1. The minimum absolute atomic E-state index is 0.0677. The van der Waals surface area contributed by atoms with Crippen LogP contribution in [0.15, 0.2) is 40.3 Å².